The van der Waals surface area contributed by atoms with Crippen molar-refractivity contribution in [3.8, 4) is 23.3 Å². The van der Waals surface area contributed by atoms with Crippen LogP contribution in [0.15, 0.2) is 75.6 Å². The molecule has 3 rings (SSSR count). The molecule has 0 spiro atoms. The summed E-state index contributed by atoms with van der Waals surface area (Å²) in [5.74, 6) is -0.640. The minimum atomic E-state index is -4.20. The van der Waals surface area contributed by atoms with E-state index in [4.69, 9.17) is 20.5 Å². The summed E-state index contributed by atoms with van der Waals surface area (Å²) < 4.78 is 36.6. The van der Waals surface area contributed by atoms with Crippen LogP contribution in [0.1, 0.15) is 12.5 Å². The molecule has 0 unspecified atom stereocenters. The number of nitriles is 1. The first-order valence-corrected chi connectivity index (χ1v) is 12.6. The average Bonchev–Trinajstić information content (AvgIpc) is 2.81. The van der Waals surface area contributed by atoms with Gasteiger partial charge in [-0.1, -0.05) is 11.6 Å². The Bertz CT molecular complexity index is 1420. The van der Waals surface area contributed by atoms with Gasteiger partial charge in [0.25, 0.3) is 5.91 Å². The fourth-order valence-corrected chi connectivity index (χ4v) is 4.56. The number of rotatable bonds is 8. The second-order valence-electron chi connectivity index (χ2n) is 6.93. The van der Waals surface area contributed by atoms with Crippen LogP contribution in [0.3, 0.4) is 0 Å². The molecule has 0 aromatic heterocycles. The van der Waals surface area contributed by atoms with Crippen LogP contribution in [0.4, 0.5) is 5.69 Å². The summed E-state index contributed by atoms with van der Waals surface area (Å²) in [5.41, 5.74) is 0.560. The third-order valence-corrected chi connectivity index (χ3v) is 6.50. The molecule has 3 aromatic carbocycles. The van der Waals surface area contributed by atoms with Gasteiger partial charge in [-0.3, -0.25) is 4.79 Å². The number of halogens is 2. The van der Waals surface area contributed by atoms with Crippen LogP contribution in [-0.2, 0) is 14.9 Å². The lowest BCUT2D eigenvalue weighted by molar-refractivity contribution is -0.112. The monoisotopic (exact) mass is 576 g/mol. The number of hydrogen-bond donors (Lipinski definition) is 2. The highest BCUT2D eigenvalue weighted by Gasteiger charge is 2.22. The Kier molecular flexibility index (Phi) is 8.40. The van der Waals surface area contributed by atoms with Gasteiger partial charge in [0, 0.05) is 10.7 Å². The zero-order valence-corrected chi connectivity index (χ0v) is 21.3. The first kappa shape index (κ1) is 26.1. The van der Waals surface area contributed by atoms with E-state index in [0.29, 0.717) is 16.3 Å². The molecule has 2 N–H and O–H groups in total. The summed E-state index contributed by atoms with van der Waals surface area (Å²) >= 11 is 9.12. The molecule has 11 heteroatoms. The highest BCUT2D eigenvalue weighted by atomic mass is 79.9. The number of carbonyl (C=O) groups is 1. The third-order valence-electron chi connectivity index (χ3n) is 4.43. The number of nitrogens with zero attached hydrogens (tertiary/aromatic N) is 1. The molecule has 0 aliphatic rings. The molecule has 0 aliphatic carbocycles. The zero-order valence-electron chi connectivity index (χ0n) is 18.2. The van der Waals surface area contributed by atoms with Crippen molar-refractivity contribution in [2.45, 2.75) is 11.8 Å². The number of carbonyl (C=O) groups excluding carboxylic acids is 1. The second-order valence-corrected chi connectivity index (χ2v) is 9.76. The number of phenols is 1. The van der Waals surface area contributed by atoms with Gasteiger partial charge >= 0.3 is 10.1 Å². The lowest BCUT2D eigenvalue weighted by Crippen LogP contribution is -2.13. The van der Waals surface area contributed by atoms with E-state index in [1.165, 1.54) is 66.7 Å². The van der Waals surface area contributed by atoms with Crippen molar-refractivity contribution in [2.75, 3.05) is 11.9 Å². The van der Waals surface area contributed by atoms with Crippen LogP contribution in [0.25, 0.3) is 6.08 Å². The minimum Gasteiger partial charge on any atom is -0.508 e. The predicted molar refractivity (Wildman–Crippen MR) is 135 cm³/mol. The molecular weight excluding hydrogens is 560 g/mol. The average molecular weight is 578 g/mol. The number of benzene rings is 3. The van der Waals surface area contributed by atoms with Gasteiger partial charge in [-0.15, -0.1) is 0 Å². The topological polar surface area (TPSA) is 126 Å². The fraction of sp³-hybridized carbons (Fsp3) is 0.0833. The molecular formula is C24H18BrClN2O6S. The smallest absolute Gasteiger partial charge is 0.339 e. The number of nitrogens with one attached hydrogen (secondary N) is 1. The zero-order chi connectivity index (χ0) is 25.6. The van der Waals surface area contributed by atoms with Gasteiger partial charge in [0.2, 0.25) is 0 Å². The molecule has 0 radical (unpaired) electrons. The molecule has 0 bridgehead atoms. The Hall–Kier alpha value is -3.52. The minimum absolute atomic E-state index is 0.0349. The number of amides is 1. The predicted octanol–water partition coefficient (Wildman–Crippen LogP) is 5.52. The number of ether oxygens (including phenoxy) is 1. The van der Waals surface area contributed by atoms with Crippen LogP contribution < -0.4 is 14.2 Å². The normalized spacial score (nSPS) is 11.4. The van der Waals surface area contributed by atoms with Crippen molar-refractivity contribution in [1.82, 2.24) is 0 Å². The van der Waals surface area contributed by atoms with Crippen LogP contribution >= 0.6 is 27.5 Å². The Morgan fingerprint density at radius 3 is 2.43 bits per heavy atom. The summed E-state index contributed by atoms with van der Waals surface area (Å²) in [6.45, 7) is 1.91. The number of hydrogen-bond acceptors (Lipinski definition) is 7. The molecule has 0 heterocycles. The van der Waals surface area contributed by atoms with Crippen molar-refractivity contribution in [3.63, 3.8) is 0 Å². The van der Waals surface area contributed by atoms with Crippen LogP contribution in [0.2, 0.25) is 5.02 Å². The van der Waals surface area contributed by atoms with Gasteiger partial charge < -0.3 is 19.3 Å². The molecule has 1 amide bonds. The summed E-state index contributed by atoms with van der Waals surface area (Å²) in [4.78, 5) is 12.4. The lowest BCUT2D eigenvalue weighted by Gasteiger charge is -2.14. The first-order valence-electron chi connectivity index (χ1n) is 10.0. The van der Waals surface area contributed by atoms with E-state index in [9.17, 15) is 23.6 Å². The number of anilines is 1. The van der Waals surface area contributed by atoms with Crippen molar-refractivity contribution in [2.24, 2.45) is 0 Å². The van der Waals surface area contributed by atoms with E-state index in [-0.39, 0.29) is 38.8 Å². The highest BCUT2D eigenvalue weighted by Crippen LogP contribution is 2.39. The van der Waals surface area contributed by atoms with Crippen LogP contribution in [0, 0.1) is 11.3 Å². The third kappa shape index (κ3) is 6.76. The molecule has 0 saturated carbocycles. The molecule has 0 aliphatic heterocycles. The van der Waals surface area contributed by atoms with Gasteiger partial charge in [0.05, 0.1) is 11.1 Å². The van der Waals surface area contributed by atoms with Gasteiger partial charge in [-0.05, 0) is 95.2 Å². The SMILES string of the molecule is CCOc1cc(/C=C(\C#N)C(=O)Nc2ccc(O)cc2)cc(Br)c1OS(=O)(=O)c1ccc(Cl)cc1. The lowest BCUT2D eigenvalue weighted by atomic mass is 10.1. The maximum absolute atomic E-state index is 12.7. The molecule has 180 valence electrons. The van der Waals surface area contributed by atoms with Gasteiger partial charge in [0.15, 0.2) is 11.5 Å². The Labute approximate surface area is 215 Å². The molecule has 0 fully saturated rings. The van der Waals surface area contributed by atoms with E-state index in [0.717, 1.165) is 0 Å². The molecule has 0 saturated heterocycles. The Morgan fingerprint density at radius 2 is 1.83 bits per heavy atom. The summed E-state index contributed by atoms with van der Waals surface area (Å²) in [5, 5.41) is 21.8. The fourth-order valence-electron chi connectivity index (χ4n) is 2.83. The van der Waals surface area contributed by atoms with Crippen molar-refractivity contribution >= 4 is 55.3 Å². The molecule has 0 atom stereocenters. The Morgan fingerprint density at radius 1 is 1.17 bits per heavy atom. The van der Waals surface area contributed by atoms with Gasteiger partial charge in [-0.25, -0.2) is 0 Å². The highest BCUT2D eigenvalue weighted by molar-refractivity contribution is 9.10. The van der Waals surface area contributed by atoms with E-state index in [1.807, 2.05) is 6.07 Å². The maximum Gasteiger partial charge on any atom is 0.339 e. The summed E-state index contributed by atoms with van der Waals surface area (Å²) in [6, 6.07) is 16.0. The van der Waals surface area contributed by atoms with E-state index >= 15 is 0 Å². The number of aromatic hydroxyl groups is 1. The van der Waals surface area contributed by atoms with E-state index in [1.54, 1.807) is 6.92 Å². The largest absolute Gasteiger partial charge is 0.508 e. The standard InChI is InChI=1S/C24H18BrClN2O6S/c1-2-33-22-13-15(11-16(14-27)24(30)28-18-5-7-19(29)8-6-18)12-21(25)23(22)34-35(31,32)20-9-3-17(26)4-10-20/h3-13,29H,2H2,1H3,(H,28,30)/b16-11+. The summed E-state index contributed by atoms with van der Waals surface area (Å²) in [6.07, 6.45) is 1.32. The second kappa shape index (κ2) is 11.3. The quantitative estimate of drug-likeness (QED) is 0.156. The molecule has 8 nitrogen and oxygen atoms in total. The van der Waals surface area contributed by atoms with Crippen LogP contribution in [-0.4, -0.2) is 26.0 Å². The van der Waals surface area contributed by atoms with Gasteiger partial charge in [-0.2, -0.15) is 13.7 Å². The molecule has 35 heavy (non-hydrogen) atoms. The van der Waals surface area contributed by atoms with Crippen molar-refractivity contribution < 1.29 is 27.2 Å². The van der Waals surface area contributed by atoms with Crippen molar-refractivity contribution in [3.05, 3.63) is 81.3 Å². The van der Waals surface area contributed by atoms with E-state index < -0.39 is 16.0 Å². The van der Waals surface area contributed by atoms with Crippen molar-refractivity contribution in [1.29, 1.82) is 5.26 Å². The van der Waals surface area contributed by atoms with Gasteiger partial charge in [0.1, 0.15) is 22.3 Å². The van der Waals surface area contributed by atoms with Crippen LogP contribution in [0.5, 0.6) is 17.2 Å². The molecule has 3 aromatic rings. The maximum atomic E-state index is 12.7. The van der Waals surface area contributed by atoms with E-state index in [2.05, 4.69) is 21.2 Å². The number of phenolic OH excluding ortho intramolecular Hbond substituents is 1. The summed E-state index contributed by atoms with van der Waals surface area (Å²) in [7, 11) is -4.20. The first-order chi connectivity index (χ1) is 16.6. The Balaban J connectivity index is 1.93.